The molecule has 0 aromatic heterocycles. The van der Waals surface area contributed by atoms with Gasteiger partial charge in [0.15, 0.2) is 0 Å². The van der Waals surface area contributed by atoms with Gasteiger partial charge in [0.2, 0.25) is 0 Å². The highest BCUT2D eigenvalue weighted by molar-refractivity contribution is 5.67. The smallest absolute Gasteiger partial charge is 0.146 e. The summed E-state index contributed by atoms with van der Waals surface area (Å²) in [5.41, 5.74) is 1.45. The van der Waals surface area contributed by atoms with Crippen molar-refractivity contribution >= 4 is 11.4 Å². The third-order valence-electron chi connectivity index (χ3n) is 3.19. The van der Waals surface area contributed by atoms with Crippen molar-refractivity contribution in [3.05, 3.63) is 59.7 Å². The van der Waals surface area contributed by atoms with Crippen molar-refractivity contribution in [2.75, 3.05) is 11.4 Å². The predicted octanol–water partition coefficient (Wildman–Crippen LogP) is 4.18. The molecule has 0 unspecified atom stereocenters. The van der Waals surface area contributed by atoms with Gasteiger partial charge in [-0.3, -0.25) is 0 Å². The first-order valence-corrected chi connectivity index (χ1v) is 6.54. The van der Waals surface area contributed by atoms with Gasteiger partial charge >= 0.3 is 0 Å². The molecule has 106 valence electrons. The first-order valence-electron chi connectivity index (χ1n) is 6.54. The number of halogens is 2. The number of benzene rings is 2. The van der Waals surface area contributed by atoms with Crippen molar-refractivity contribution in [3.63, 3.8) is 0 Å². The van der Waals surface area contributed by atoms with E-state index in [-0.39, 0.29) is 5.82 Å². The molecule has 0 amide bonds. The highest BCUT2D eigenvalue weighted by Crippen LogP contribution is 2.33. The van der Waals surface area contributed by atoms with Gasteiger partial charge in [0.1, 0.15) is 11.6 Å². The molecule has 4 heteroatoms. The minimum atomic E-state index is -0.832. The van der Waals surface area contributed by atoms with Crippen LogP contribution in [-0.4, -0.2) is 11.7 Å². The lowest BCUT2D eigenvalue weighted by molar-refractivity contribution is 0.199. The summed E-state index contributed by atoms with van der Waals surface area (Å²) in [4.78, 5) is 1.72. The van der Waals surface area contributed by atoms with E-state index < -0.39 is 11.9 Å². The van der Waals surface area contributed by atoms with E-state index in [1.165, 1.54) is 18.2 Å². The summed E-state index contributed by atoms with van der Waals surface area (Å²) in [5, 5.41) is 9.80. The zero-order valence-electron chi connectivity index (χ0n) is 11.5. The van der Waals surface area contributed by atoms with Gasteiger partial charge in [-0.2, -0.15) is 0 Å². The average Bonchev–Trinajstić information content (AvgIpc) is 2.42. The Balaban J connectivity index is 2.55. The molecule has 0 saturated carbocycles. The molecule has 0 aliphatic rings. The van der Waals surface area contributed by atoms with Crippen molar-refractivity contribution < 1.29 is 13.9 Å². The van der Waals surface area contributed by atoms with E-state index in [1.807, 2.05) is 6.92 Å². The minimum Gasteiger partial charge on any atom is -0.389 e. The average molecular weight is 277 g/mol. The third kappa shape index (κ3) is 2.80. The van der Waals surface area contributed by atoms with Crippen molar-refractivity contribution in [2.24, 2.45) is 0 Å². The molecule has 0 saturated heterocycles. The second-order valence-corrected chi connectivity index (χ2v) is 4.57. The fourth-order valence-corrected chi connectivity index (χ4v) is 2.25. The summed E-state index contributed by atoms with van der Waals surface area (Å²) in [6.07, 6.45) is -0.832. The number of para-hydroxylation sites is 1. The van der Waals surface area contributed by atoms with Crippen LogP contribution >= 0.6 is 0 Å². The van der Waals surface area contributed by atoms with Crippen LogP contribution in [0.15, 0.2) is 42.5 Å². The highest BCUT2D eigenvalue weighted by Gasteiger charge is 2.17. The van der Waals surface area contributed by atoms with Gasteiger partial charge in [-0.15, -0.1) is 0 Å². The van der Waals surface area contributed by atoms with E-state index in [1.54, 1.807) is 36.1 Å². The van der Waals surface area contributed by atoms with Crippen LogP contribution in [0.3, 0.4) is 0 Å². The molecule has 0 fully saturated rings. The molecule has 0 heterocycles. The number of aliphatic hydroxyl groups is 1. The molecule has 0 spiro atoms. The number of hydrogen-bond donors (Lipinski definition) is 1. The van der Waals surface area contributed by atoms with Crippen LogP contribution in [0.4, 0.5) is 20.2 Å². The Labute approximate surface area is 117 Å². The number of hydrogen-bond acceptors (Lipinski definition) is 2. The number of anilines is 2. The Bertz CT molecular complexity index is 599. The van der Waals surface area contributed by atoms with Gasteiger partial charge in [0, 0.05) is 17.8 Å². The van der Waals surface area contributed by atoms with E-state index in [9.17, 15) is 13.9 Å². The van der Waals surface area contributed by atoms with E-state index in [4.69, 9.17) is 0 Å². The van der Waals surface area contributed by atoms with Gasteiger partial charge in [-0.25, -0.2) is 8.78 Å². The SMILES string of the molecule is CCN(c1ccccc1F)c1ccc(F)cc1[C@H](C)O. The van der Waals surface area contributed by atoms with Crippen LogP contribution in [0.5, 0.6) is 0 Å². The standard InChI is InChI=1S/C16H17F2NO/c1-3-19(16-7-5-4-6-14(16)18)15-9-8-12(17)10-13(15)11(2)20/h4-11,20H,3H2,1-2H3/t11-/m0/s1. The second kappa shape index (κ2) is 6.01. The summed E-state index contributed by atoms with van der Waals surface area (Å²) >= 11 is 0. The van der Waals surface area contributed by atoms with Gasteiger partial charge in [-0.05, 0) is 44.2 Å². The third-order valence-corrected chi connectivity index (χ3v) is 3.19. The molecule has 2 aromatic rings. The summed E-state index contributed by atoms with van der Waals surface area (Å²) in [6.45, 7) is 3.95. The number of rotatable bonds is 4. The molecular formula is C16H17F2NO. The quantitative estimate of drug-likeness (QED) is 0.906. The van der Waals surface area contributed by atoms with Crippen LogP contribution < -0.4 is 4.90 Å². The van der Waals surface area contributed by atoms with Gasteiger partial charge in [-0.1, -0.05) is 12.1 Å². The van der Waals surface area contributed by atoms with Crippen molar-refractivity contribution in [2.45, 2.75) is 20.0 Å². The molecule has 20 heavy (non-hydrogen) atoms. The normalized spacial score (nSPS) is 12.2. The molecule has 0 aliphatic carbocycles. The summed E-state index contributed by atoms with van der Waals surface area (Å²) in [6, 6.07) is 10.6. The van der Waals surface area contributed by atoms with Gasteiger partial charge in [0.05, 0.1) is 11.8 Å². The van der Waals surface area contributed by atoms with E-state index >= 15 is 0 Å². The Morgan fingerprint density at radius 3 is 2.40 bits per heavy atom. The predicted molar refractivity (Wildman–Crippen MR) is 76.1 cm³/mol. The monoisotopic (exact) mass is 277 g/mol. The second-order valence-electron chi connectivity index (χ2n) is 4.57. The molecule has 0 bridgehead atoms. The number of aliphatic hydroxyl groups excluding tert-OH is 1. The van der Waals surface area contributed by atoms with Crippen LogP contribution in [0.1, 0.15) is 25.5 Å². The summed E-state index contributed by atoms with van der Waals surface area (Å²) in [7, 11) is 0. The molecule has 2 rings (SSSR count). The van der Waals surface area contributed by atoms with E-state index in [2.05, 4.69) is 0 Å². The van der Waals surface area contributed by atoms with E-state index in [0.29, 0.717) is 23.5 Å². The van der Waals surface area contributed by atoms with Crippen LogP contribution in [0, 0.1) is 11.6 Å². The maximum Gasteiger partial charge on any atom is 0.146 e. The van der Waals surface area contributed by atoms with Gasteiger partial charge < -0.3 is 10.0 Å². The minimum absolute atomic E-state index is 0.352. The molecule has 0 aliphatic heterocycles. The molecular weight excluding hydrogens is 260 g/mol. The molecule has 1 N–H and O–H groups in total. The maximum atomic E-state index is 13.9. The van der Waals surface area contributed by atoms with Crippen LogP contribution in [0.25, 0.3) is 0 Å². The summed E-state index contributed by atoms with van der Waals surface area (Å²) in [5.74, 6) is -0.774. The molecule has 2 aromatic carbocycles. The molecule has 2 nitrogen and oxygen atoms in total. The van der Waals surface area contributed by atoms with Crippen molar-refractivity contribution in [1.29, 1.82) is 0 Å². The lowest BCUT2D eigenvalue weighted by Crippen LogP contribution is -2.19. The first kappa shape index (κ1) is 14.5. The lowest BCUT2D eigenvalue weighted by Gasteiger charge is -2.27. The topological polar surface area (TPSA) is 23.5 Å². The maximum absolute atomic E-state index is 13.9. The first-order chi connectivity index (χ1) is 9.54. The Hall–Kier alpha value is -1.94. The van der Waals surface area contributed by atoms with E-state index in [0.717, 1.165) is 0 Å². The fourth-order valence-electron chi connectivity index (χ4n) is 2.25. The van der Waals surface area contributed by atoms with Crippen LogP contribution in [0.2, 0.25) is 0 Å². The molecule has 0 radical (unpaired) electrons. The van der Waals surface area contributed by atoms with Crippen molar-refractivity contribution in [3.8, 4) is 0 Å². The Morgan fingerprint density at radius 2 is 1.80 bits per heavy atom. The highest BCUT2D eigenvalue weighted by atomic mass is 19.1. The summed E-state index contributed by atoms with van der Waals surface area (Å²) < 4.78 is 27.3. The lowest BCUT2D eigenvalue weighted by atomic mass is 10.1. The zero-order valence-corrected chi connectivity index (χ0v) is 11.5. The van der Waals surface area contributed by atoms with Crippen LogP contribution in [-0.2, 0) is 0 Å². The zero-order chi connectivity index (χ0) is 14.7. The van der Waals surface area contributed by atoms with Crippen molar-refractivity contribution in [1.82, 2.24) is 0 Å². The Morgan fingerprint density at radius 1 is 1.10 bits per heavy atom. The van der Waals surface area contributed by atoms with Gasteiger partial charge in [0.25, 0.3) is 0 Å². The molecule has 1 atom stereocenters. The largest absolute Gasteiger partial charge is 0.389 e. The number of nitrogens with zero attached hydrogens (tertiary/aromatic N) is 1. The fraction of sp³-hybridized carbons (Fsp3) is 0.250. The Kier molecular flexibility index (Phi) is 4.35.